The standard InChI is InChI=1S/C19H16FN5O/c20-14-5-6-16-12(9-14)8-13(11-22-16)18(26)15(10-21)19-24-23-17-4-2-1-3-7-25(17)19/h5-6,8-9,11,15H,1-4,7H2/t15-/m0/s1. The van der Waals surface area contributed by atoms with E-state index in [-0.39, 0.29) is 5.56 Å². The molecule has 0 saturated carbocycles. The summed E-state index contributed by atoms with van der Waals surface area (Å²) < 4.78 is 15.4. The molecular formula is C19H16FN5O. The summed E-state index contributed by atoms with van der Waals surface area (Å²) in [6, 6.07) is 7.82. The molecule has 1 atom stereocenters. The average Bonchev–Trinajstić information content (AvgIpc) is 2.89. The van der Waals surface area contributed by atoms with Crippen molar-refractivity contribution in [3.63, 3.8) is 0 Å². The first-order chi connectivity index (χ1) is 12.7. The highest BCUT2D eigenvalue weighted by atomic mass is 19.1. The number of pyridine rings is 1. The Morgan fingerprint density at radius 3 is 2.96 bits per heavy atom. The number of carbonyl (C=O) groups is 1. The second kappa shape index (κ2) is 6.64. The molecule has 0 unspecified atom stereocenters. The molecule has 1 aliphatic heterocycles. The van der Waals surface area contributed by atoms with Crippen LogP contribution in [-0.2, 0) is 13.0 Å². The molecule has 0 amide bonds. The number of fused-ring (bicyclic) bond motifs is 2. The number of carbonyl (C=O) groups excluding carboxylic acids is 1. The number of aromatic nitrogens is 4. The normalized spacial score (nSPS) is 15.1. The molecule has 3 aromatic rings. The van der Waals surface area contributed by atoms with Crippen molar-refractivity contribution in [2.24, 2.45) is 0 Å². The molecule has 4 rings (SSSR count). The van der Waals surface area contributed by atoms with Crippen molar-refractivity contribution in [1.29, 1.82) is 5.26 Å². The van der Waals surface area contributed by atoms with Gasteiger partial charge < -0.3 is 4.57 Å². The minimum Gasteiger partial charge on any atom is -0.313 e. The summed E-state index contributed by atoms with van der Waals surface area (Å²) in [4.78, 5) is 17.1. The average molecular weight is 349 g/mol. The van der Waals surface area contributed by atoms with Crippen LogP contribution in [0.4, 0.5) is 4.39 Å². The second-order valence-electron chi connectivity index (χ2n) is 6.42. The van der Waals surface area contributed by atoms with Crippen molar-refractivity contribution in [2.45, 2.75) is 38.1 Å². The lowest BCUT2D eigenvalue weighted by molar-refractivity contribution is 0.0974. The van der Waals surface area contributed by atoms with Crippen LogP contribution in [0.15, 0.2) is 30.5 Å². The maximum absolute atomic E-state index is 13.5. The number of benzene rings is 1. The summed E-state index contributed by atoms with van der Waals surface area (Å²) in [5.41, 5.74) is 0.855. The van der Waals surface area contributed by atoms with Crippen molar-refractivity contribution >= 4 is 16.7 Å². The van der Waals surface area contributed by atoms with Crippen LogP contribution >= 0.6 is 0 Å². The predicted octanol–water partition coefficient (Wildman–Crippen LogP) is 3.18. The van der Waals surface area contributed by atoms with Crippen molar-refractivity contribution in [1.82, 2.24) is 19.7 Å². The largest absolute Gasteiger partial charge is 0.313 e. The molecule has 0 radical (unpaired) electrons. The third kappa shape index (κ3) is 2.84. The molecule has 7 heteroatoms. The van der Waals surface area contributed by atoms with Gasteiger partial charge in [0, 0.05) is 30.1 Å². The summed E-state index contributed by atoms with van der Waals surface area (Å²) in [6.07, 6.45) is 5.32. The van der Waals surface area contributed by atoms with Crippen LogP contribution in [0.1, 0.15) is 47.2 Å². The summed E-state index contributed by atoms with van der Waals surface area (Å²) in [5.74, 6) is -0.644. The monoisotopic (exact) mass is 349 g/mol. The Balaban J connectivity index is 1.72. The van der Waals surface area contributed by atoms with Crippen molar-refractivity contribution in [3.05, 3.63) is 53.5 Å². The van der Waals surface area contributed by atoms with Gasteiger partial charge in [-0.15, -0.1) is 10.2 Å². The zero-order valence-electron chi connectivity index (χ0n) is 14.0. The fourth-order valence-electron chi connectivity index (χ4n) is 3.36. The maximum Gasteiger partial charge on any atom is 0.189 e. The lowest BCUT2D eigenvalue weighted by atomic mass is 9.98. The SMILES string of the molecule is N#C[C@@H](C(=O)c1cnc2ccc(F)cc2c1)c1nnc2n1CCCCC2. The molecule has 0 N–H and O–H groups in total. The van der Waals surface area contributed by atoms with Gasteiger partial charge in [-0.05, 0) is 37.1 Å². The van der Waals surface area contributed by atoms with Gasteiger partial charge in [0.1, 0.15) is 11.6 Å². The number of nitrogens with zero attached hydrogens (tertiary/aromatic N) is 5. The Morgan fingerprint density at radius 1 is 1.23 bits per heavy atom. The first-order valence-electron chi connectivity index (χ1n) is 8.58. The van der Waals surface area contributed by atoms with E-state index in [2.05, 4.69) is 21.3 Å². The van der Waals surface area contributed by atoms with Crippen molar-refractivity contribution in [3.8, 4) is 6.07 Å². The Morgan fingerprint density at radius 2 is 2.12 bits per heavy atom. The molecule has 130 valence electrons. The van der Waals surface area contributed by atoms with Gasteiger partial charge in [0.15, 0.2) is 17.5 Å². The smallest absolute Gasteiger partial charge is 0.189 e. The third-order valence-electron chi connectivity index (χ3n) is 4.72. The van der Waals surface area contributed by atoms with Gasteiger partial charge in [0.05, 0.1) is 11.6 Å². The summed E-state index contributed by atoms with van der Waals surface area (Å²) >= 11 is 0. The summed E-state index contributed by atoms with van der Waals surface area (Å²) in [6.45, 7) is 0.713. The number of ketones is 1. The molecular weight excluding hydrogens is 333 g/mol. The molecule has 1 aromatic carbocycles. The molecule has 26 heavy (non-hydrogen) atoms. The maximum atomic E-state index is 13.5. The summed E-state index contributed by atoms with van der Waals surface area (Å²) in [5, 5.41) is 18.4. The molecule has 6 nitrogen and oxygen atoms in total. The molecule has 0 saturated heterocycles. The van der Waals surface area contributed by atoms with E-state index in [1.165, 1.54) is 18.3 Å². The first-order valence-corrected chi connectivity index (χ1v) is 8.58. The lowest BCUT2D eigenvalue weighted by Gasteiger charge is -2.11. The predicted molar refractivity (Wildman–Crippen MR) is 92.0 cm³/mol. The van der Waals surface area contributed by atoms with Crippen LogP contribution in [0.2, 0.25) is 0 Å². The Bertz CT molecular complexity index is 1040. The Hall–Kier alpha value is -3.14. The van der Waals surface area contributed by atoms with E-state index in [0.717, 1.165) is 31.5 Å². The van der Waals surface area contributed by atoms with Gasteiger partial charge in [-0.3, -0.25) is 9.78 Å². The fraction of sp³-hybridized carbons (Fsp3) is 0.316. The van der Waals surface area contributed by atoms with Gasteiger partial charge in [0.2, 0.25) is 0 Å². The van der Waals surface area contributed by atoms with Gasteiger partial charge in [0.25, 0.3) is 0 Å². The topological polar surface area (TPSA) is 84.5 Å². The third-order valence-corrected chi connectivity index (χ3v) is 4.72. The molecule has 0 aliphatic carbocycles. The lowest BCUT2D eigenvalue weighted by Crippen LogP contribution is -2.18. The van der Waals surface area contributed by atoms with Crippen LogP contribution in [-0.4, -0.2) is 25.5 Å². The van der Waals surface area contributed by atoms with E-state index in [1.54, 1.807) is 12.1 Å². The van der Waals surface area contributed by atoms with Crippen LogP contribution in [0.3, 0.4) is 0 Å². The number of hydrogen-bond donors (Lipinski definition) is 0. The highest BCUT2D eigenvalue weighted by Gasteiger charge is 2.29. The number of Topliss-reactive ketones (excluding diaryl/α,β-unsaturated/α-hetero) is 1. The number of nitriles is 1. The fourth-order valence-corrected chi connectivity index (χ4v) is 3.36. The van der Waals surface area contributed by atoms with Crippen LogP contribution < -0.4 is 0 Å². The van der Waals surface area contributed by atoms with Gasteiger partial charge >= 0.3 is 0 Å². The summed E-state index contributed by atoms with van der Waals surface area (Å²) in [7, 11) is 0. The quantitative estimate of drug-likeness (QED) is 0.678. The van der Waals surface area contributed by atoms with E-state index in [1.807, 2.05) is 4.57 Å². The van der Waals surface area contributed by atoms with E-state index in [9.17, 15) is 14.4 Å². The number of rotatable bonds is 3. The number of halogens is 1. The molecule has 0 spiro atoms. The zero-order valence-corrected chi connectivity index (χ0v) is 14.0. The van der Waals surface area contributed by atoms with E-state index in [0.29, 0.717) is 23.3 Å². The highest BCUT2D eigenvalue weighted by Crippen LogP contribution is 2.24. The Labute approximate surface area is 149 Å². The van der Waals surface area contributed by atoms with Crippen molar-refractivity contribution in [2.75, 3.05) is 0 Å². The van der Waals surface area contributed by atoms with Gasteiger partial charge in [-0.1, -0.05) is 6.42 Å². The van der Waals surface area contributed by atoms with Crippen LogP contribution in [0.5, 0.6) is 0 Å². The second-order valence-corrected chi connectivity index (χ2v) is 6.42. The van der Waals surface area contributed by atoms with Crippen LogP contribution in [0, 0.1) is 17.1 Å². The molecule has 2 aromatic heterocycles. The van der Waals surface area contributed by atoms with Crippen molar-refractivity contribution < 1.29 is 9.18 Å². The van der Waals surface area contributed by atoms with E-state index >= 15 is 0 Å². The Kier molecular flexibility index (Phi) is 4.17. The number of aryl methyl sites for hydroxylation is 1. The number of hydrogen-bond acceptors (Lipinski definition) is 5. The molecule has 1 aliphatic rings. The van der Waals surface area contributed by atoms with E-state index < -0.39 is 17.5 Å². The minimum absolute atomic E-state index is 0.264. The molecule has 0 bridgehead atoms. The highest BCUT2D eigenvalue weighted by molar-refractivity contribution is 6.04. The first kappa shape index (κ1) is 16.3. The molecule has 3 heterocycles. The van der Waals surface area contributed by atoms with Crippen LogP contribution in [0.25, 0.3) is 10.9 Å². The molecule has 0 fully saturated rings. The van der Waals surface area contributed by atoms with E-state index in [4.69, 9.17) is 0 Å². The minimum atomic E-state index is -1.05. The van der Waals surface area contributed by atoms with Gasteiger partial charge in [-0.2, -0.15) is 5.26 Å². The van der Waals surface area contributed by atoms with Gasteiger partial charge in [-0.25, -0.2) is 4.39 Å². The zero-order chi connectivity index (χ0) is 18.1.